The molecule has 1 aliphatic rings. The largest absolute Gasteiger partial charge is 0.444 e. The number of benzene rings is 1. The highest BCUT2D eigenvalue weighted by molar-refractivity contribution is 5.84. The third-order valence-corrected chi connectivity index (χ3v) is 4.67. The van der Waals surface area contributed by atoms with Crippen molar-refractivity contribution in [3.8, 4) is 0 Å². The molecule has 0 unspecified atom stereocenters. The van der Waals surface area contributed by atoms with E-state index in [9.17, 15) is 4.79 Å². The van der Waals surface area contributed by atoms with Gasteiger partial charge < -0.3 is 4.74 Å². The molecular formula is C20H22N4O2. The number of nitrogens with one attached hydrogen (secondary N) is 1. The van der Waals surface area contributed by atoms with E-state index in [4.69, 9.17) is 4.74 Å². The average molecular weight is 350 g/mol. The summed E-state index contributed by atoms with van der Waals surface area (Å²) in [6.45, 7) is 5.54. The van der Waals surface area contributed by atoms with Crippen molar-refractivity contribution in [3.05, 3.63) is 60.0 Å². The van der Waals surface area contributed by atoms with Crippen LogP contribution in [0.4, 0.5) is 10.5 Å². The first-order chi connectivity index (χ1) is 12.4. The summed E-state index contributed by atoms with van der Waals surface area (Å²) in [6, 6.07) is 12.2. The van der Waals surface area contributed by atoms with E-state index in [1.165, 1.54) is 11.1 Å². The maximum Gasteiger partial charge on any atom is 0.412 e. The summed E-state index contributed by atoms with van der Waals surface area (Å²) < 4.78 is 7.06. The van der Waals surface area contributed by atoms with Crippen LogP contribution in [0.2, 0.25) is 0 Å². The quantitative estimate of drug-likeness (QED) is 0.770. The van der Waals surface area contributed by atoms with Crippen molar-refractivity contribution >= 4 is 17.4 Å². The Kier molecular flexibility index (Phi) is 3.72. The van der Waals surface area contributed by atoms with E-state index < -0.39 is 11.7 Å². The summed E-state index contributed by atoms with van der Waals surface area (Å²) in [5, 5.41) is 6.93. The Balaban J connectivity index is 1.53. The zero-order chi connectivity index (χ0) is 18.4. The van der Waals surface area contributed by atoms with Gasteiger partial charge in [-0.1, -0.05) is 12.1 Å². The van der Waals surface area contributed by atoms with Crippen molar-refractivity contribution in [2.45, 2.75) is 44.6 Å². The number of hydrogen-bond acceptors (Lipinski definition) is 4. The summed E-state index contributed by atoms with van der Waals surface area (Å²) in [5.41, 5.74) is 3.62. The Morgan fingerprint density at radius 3 is 2.54 bits per heavy atom. The highest BCUT2D eigenvalue weighted by Gasteiger charge is 2.45. The van der Waals surface area contributed by atoms with Gasteiger partial charge in [-0.25, -0.2) is 14.3 Å². The van der Waals surface area contributed by atoms with Crippen LogP contribution < -0.4 is 5.32 Å². The first-order valence-electron chi connectivity index (χ1n) is 8.76. The number of carbonyl (C=O) groups is 1. The first kappa shape index (κ1) is 16.6. The fourth-order valence-electron chi connectivity index (χ4n) is 3.28. The highest BCUT2D eigenvalue weighted by atomic mass is 16.6. The Labute approximate surface area is 152 Å². The van der Waals surface area contributed by atoms with Crippen LogP contribution in [0.1, 0.15) is 44.7 Å². The van der Waals surface area contributed by atoms with Crippen LogP contribution in [0, 0.1) is 0 Å². The fraction of sp³-hybridized carbons (Fsp3) is 0.350. The molecule has 1 fully saturated rings. The van der Waals surface area contributed by atoms with Crippen molar-refractivity contribution in [2.75, 3.05) is 5.32 Å². The third kappa shape index (κ3) is 3.14. The van der Waals surface area contributed by atoms with Gasteiger partial charge in [0.25, 0.3) is 0 Å². The minimum Gasteiger partial charge on any atom is -0.444 e. The molecule has 0 atom stereocenters. The van der Waals surface area contributed by atoms with E-state index in [0.29, 0.717) is 0 Å². The van der Waals surface area contributed by atoms with Crippen LogP contribution in [0.15, 0.2) is 48.9 Å². The maximum atomic E-state index is 11.9. The molecule has 1 aliphatic carbocycles. The number of hydrogen-bond donors (Lipinski definition) is 1. The predicted octanol–water partition coefficient (Wildman–Crippen LogP) is 4.16. The molecule has 1 amide bonds. The lowest BCUT2D eigenvalue weighted by Crippen LogP contribution is -2.27. The smallest absolute Gasteiger partial charge is 0.412 e. The van der Waals surface area contributed by atoms with Crippen molar-refractivity contribution in [1.29, 1.82) is 0 Å². The van der Waals surface area contributed by atoms with E-state index in [-0.39, 0.29) is 5.41 Å². The molecule has 134 valence electrons. The van der Waals surface area contributed by atoms with Gasteiger partial charge in [0.05, 0.1) is 0 Å². The van der Waals surface area contributed by atoms with E-state index >= 15 is 0 Å². The summed E-state index contributed by atoms with van der Waals surface area (Å²) in [6.07, 6.45) is 5.29. The highest BCUT2D eigenvalue weighted by Crippen LogP contribution is 2.53. The average Bonchev–Trinajstić information content (AvgIpc) is 3.24. The van der Waals surface area contributed by atoms with Gasteiger partial charge in [-0.2, -0.15) is 5.10 Å². The van der Waals surface area contributed by atoms with E-state index in [0.717, 1.165) is 24.2 Å². The zero-order valence-corrected chi connectivity index (χ0v) is 15.2. The molecule has 6 heteroatoms. The molecule has 0 spiro atoms. The normalized spacial score (nSPS) is 15.7. The SMILES string of the molecule is CC(C)(C)OC(=O)Nc1ccc(C2(c3ccn4ncnc4c3)CC2)cc1. The van der Waals surface area contributed by atoms with Gasteiger partial charge in [0, 0.05) is 17.3 Å². The van der Waals surface area contributed by atoms with E-state index in [1.54, 1.807) is 10.8 Å². The summed E-state index contributed by atoms with van der Waals surface area (Å²) >= 11 is 0. The molecule has 2 heterocycles. The molecule has 3 aromatic rings. The van der Waals surface area contributed by atoms with Crippen molar-refractivity contribution in [1.82, 2.24) is 14.6 Å². The lowest BCUT2D eigenvalue weighted by Gasteiger charge is -2.20. The summed E-state index contributed by atoms with van der Waals surface area (Å²) in [4.78, 5) is 16.2. The van der Waals surface area contributed by atoms with Crippen LogP contribution in [0.25, 0.3) is 5.65 Å². The van der Waals surface area contributed by atoms with Gasteiger partial charge in [-0.05, 0) is 69.0 Å². The lowest BCUT2D eigenvalue weighted by molar-refractivity contribution is 0.0636. The number of nitrogens with zero attached hydrogens (tertiary/aromatic N) is 3. The number of ether oxygens (including phenoxy) is 1. The molecule has 1 saturated carbocycles. The van der Waals surface area contributed by atoms with Crippen LogP contribution in [-0.2, 0) is 10.2 Å². The van der Waals surface area contributed by atoms with Crippen LogP contribution >= 0.6 is 0 Å². The molecular weight excluding hydrogens is 328 g/mol. The van der Waals surface area contributed by atoms with E-state index in [1.807, 2.05) is 39.1 Å². The number of amides is 1. The standard InChI is InChI=1S/C20H22N4O2/c1-19(2,3)26-18(25)23-16-6-4-14(5-7-16)20(9-10-20)15-8-11-24-17(12-15)21-13-22-24/h4-8,11-13H,9-10H2,1-3H3,(H,23,25). The van der Waals surface area contributed by atoms with Gasteiger partial charge in [-0.3, -0.25) is 5.32 Å². The maximum absolute atomic E-state index is 11.9. The van der Waals surface area contributed by atoms with Crippen LogP contribution in [0.5, 0.6) is 0 Å². The van der Waals surface area contributed by atoms with Gasteiger partial charge in [-0.15, -0.1) is 0 Å². The Bertz CT molecular complexity index is 950. The number of carbonyl (C=O) groups excluding carboxylic acids is 1. The number of rotatable bonds is 3. The molecule has 1 N–H and O–H groups in total. The molecule has 1 aromatic carbocycles. The van der Waals surface area contributed by atoms with Gasteiger partial charge in [0.15, 0.2) is 5.65 Å². The molecule has 26 heavy (non-hydrogen) atoms. The van der Waals surface area contributed by atoms with Gasteiger partial charge >= 0.3 is 6.09 Å². The molecule has 0 aliphatic heterocycles. The van der Waals surface area contributed by atoms with Crippen molar-refractivity contribution < 1.29 is 9.53 Å². The number of aromatic nitrogens is 3. The Morgan fingerprint density at radius 2 is 1.88 bits per heavy atom. The first-order valence-corrected chi connectivity index (χ1v) is 8.76. The number of anilines is 1. The second kappa shape index (κ2) is 5.83. The van der Waals surface area contributed by atoms with Crippen molar-refractivity contribution in [3.63, 3.8) is 0 Å². The predicted molar refractivity (Wildman–Crippen MR) is 99.3 cm³/mol. The summed E-state index contributed by atoms with van der Waals surface area (Å²) in [5.74, 6) is 0. The minimum atomic E-state index is -0.511. The topological polar surface area (TPSA) is 68.5 Å². The second-order valence-corrected chi connectivity index (χ2v) is 7.76. The summed E-state index contributed by atoms with van der Waals surface area (Å²) in [7, 11) is 0. The number of pyridine rings is 1. The molecule has 6 nitrogen and oxygen atoms in total. The third-order valence-electron chi connectivity index (χ3n) is 4.67. The Morgan fingerprint density at radius 1 is 1.15 bits per heavy atom. The van der Waals surface area contributed by atoms with E-state index in [2.05, 4.69) is 39.7 Å². The van der Waals surface area contributed by atoms with Crippen LogP contribution in [-0.4, -0.2) is 26.3 Å². The molecule has 4 rings (SSSR count). The van der Waals surface area contributed by atoms with Gasteiger partial charge in [0.2, 0.25) is 0 Å². The molecule has 2 aromatic heterocycles. The number of fused-ring (bicyclic) bond motifs is 1. The van der Waals surface area contributed by atoms with Crippen molar-refractivity contribution in [2.24, 2.45) is 0 Å². The molecule has 0 radical (unpaired) electrons. The zero-order valence-electron chi connectivity index (χ0n) is 15.2. The molecule has 0 bridgehead atoms. The lowest BCUT2D eigenvalue weighted by atomic mass is 9.88. The second-order valence-electron chi connectivity index (χ2n) is 7.76. The monoisotopic (exact) mass is 350 g/mol. The van der Waals surface area contributed by atoms with Gasteiger partial charge in [0.1, 0.15) is 11.9 Å². The fourth-order valence-corrected chi connectivity index (χ4v) is 3.28. The Hall–Kier alpha value is -2.89. The minimum absolute atomic E-state index is 0.0398. The molecule has 0 saturated heterocycles. The van der Waals surface area contributed by atoms with Crippen LogP contribution in [0.3, 0.4) is 0 Å².